The number of para-hydroxylation sites is 2. The van der Waals surface area contributed by atoms with E-state index in [0.29, 0.717) is 24.8 Å². The molecule has 1 heterocycles. The quantitative estimate of drug-likeness (QED) is 0.425. The fourth-order valence-electron chi connectivity index (χ4n) is 4.11. The smallest absolute Gasteiger partial charge is 0.422 e. The van der Waals surface area contributed by atoms with Crippen LogP contribution in [-0.2, 0) is 12.8 Å². The second-order valence-corrected chi connectivity index (χ2v) is 8.46. The van der Waals surface area contributed by atoms with Crippen molar-refractivity contribution in [1.82, 2.24) is 5.32 Å². The van der Waals surface area contributed by atoms with Crippen LogP contribution in [0.4, 0.5) is 18.9 Å². The molecule has 0 fully saturated rings. The molecule has 3 N–H and O–H groups in total. The minimum Gasteiger partial charge on any atom is -0.488 e. The number of hydrogen-bond donors (Lipinski definition) is 3. The van der Waals surface area contributed by atoms with Crippen molar-refractivity contribution >= 4 is 5.69 Å². The van der Waals surface area contributed by atoms with Crippen molar-refractivity contribution in [3.63, 3.8) is 0 Å². The summed E-state index contributed by atoms with van der Waals surface area (Å²) >= 11 is 0. The van der Waals surface area contributed by atoms with E-state index in [-0.39, 0.29) is 36.8 Å². The topological polar surface area (TPSA) is 86.5 Å². The Bertz CT molecular complexity index is 992. The highest BCUT2D eigenvalue weighted by Gasteiger charge is 2.29. The van der Waals surface area contributed by atoms with Crippen LogP contribution in [0.25, 0.3) is 0 Å². The molecule has 0 aliphatic carbocycles. The number of fused-ring (bicyclic) bond motifs is 1. The van der Waals surface area contributed by atoms with Gasteiger partial charge in [0.15, 0.2) is 18.1 Å². The summed E-state index contributed by atoms with van der Waals surface area (Å²) in [5.41, 5.74) is 3.78. The van der Waals surface area contributed by atoms with Crippen molar-refractivity contribution in [2.45, 2.75) is 50.9 Å². The number of nitriles is 1. The van der Waals surface area contributed by atoms with Gasteiger partial charge in [-0.25, -0.2) is 0 Å². The van der Waals surface area contributed by atoms with E-state index >= 15 is 0 Å². The average molecular weight is 478 g/mol. The van der Waals surface area contributed by atoms with Gasteiger partial charge in [0.05, 0.1) is 11.3 Å². The number of rotatable bonds is 12. The molecule has 0 bridgehead atoms. The zero-order valence-corrected chi connectivity index (χ0v) is 19.1. The maximum atomic E-state index is 12.5. The van der Waals surface area contributed by atoms with Gasteiger partial charge in [-0.05, 0) is 61.9 Å². The van der Waals surface area contributed by atoms with Crippen LogP contribution in [0.1, 0.15) is 36.5 Å². The minimum atomic E-state index is -4.44. The Morgan fingerprint density at radius 1 is 1.21 bits per heavy atom. The zero-order chi connectivity index (χ0) is 24.6. The predicted octanol–water partition coefficient (Wildman–Crippen LogP) is 4.21. The molecule has 1 aliphatic rings. The molecule has 0 amide bonds. The van der Waals surface area contributed by atoms with Gasteiger partial charge in [0, 0.05) is 25.2 Å². The average Bonchev–Trinajstić information content (AvgIpc) is 3.27. The molecule has 2 atom stereocenters. The van der Waals surface area contributed by atoms with Crippen molar-refractivity contribution in [1.29, 1.82) is 5.26 Å². The number of halogens is 3. The molecule has 34 heavy (non-hydrogen) atoms. The Labute approximate surface area is 197 Å². The van der Waals surface area contributed by atoms with Crippen LogP contribution < -0.4 is 20.1 Å². The normalized spacial score (nSPS) is 14.6. The molecule has 0 spiro atoms. The second kappa shape index (κ2) is 12.0. The number of anilines is 1. The van der Waals surface area contributed by atoms with Gasteiger partial charge in [0.1, 0.15) is 12.7 Å². The lowest BCUT2D eigenvalue weighted by atomic mass is 9.98. The molecule has 0 radical (unpaired) electrons. The van der Waals surface area contributed by atoms with Gasteiger partial charge in [-0.15, -0.1) is 0 Å². The Morgan fingerprint density at radius 2 is 1.94 bits per heavy atom. The van der Waals surface area contributed by atoms with Gasteiger partial charge in [-0.2, -0.15) is 18.4 Å². The number of alkyl halides is 3. The van der Waals surface area contributed by atoms with Crippen LogP contribution >= 0.6 is 0 Å². The van der Waals surface area contributed by atoms with Crippen molar-refractivity contribution in [3.8, 4) is 17.6 Å². The standard InChI is InChI=1S/C25H30F3N3O3/c1-17(11-18-12-19-8-9-30-24(19)20(13-18)14-29)31-21(5-4-10-32)15-33-22-6-2-3-7-23(22)34-16-25(26,27)28/h2-3,6-7,12-13,17,21,30-32H,4-5,8-11,15-16H2,1H3/t17-,21?/m1/s1. The molecule has 1 aliphatic heterocycles. The van der Waals surface area contributed by atoms with Gasteiger partial charge < -0.3 is 25.2 Å². The molecule has 2 aromatic rings. The fourth-order valence-corrected chi connectivity index (χ4v) is 4.11. The molecule has 184 valence electrons. The first-order chi connectivity index (χ1) is 16.3. The third-order valence-corrected chi connectivity index (χ3v) is 5.55. The number of nitrogens with zero attached hydrogens (tertiary/aromatic N) is 1. The van der Waals surface area contributed by atoms with Gasteiger partial charge in [-0.3, -0.25) is 0 Å². The Kier molecular flexibility index (Phi) is 9.02. The van der Waals surface area contributed by atoms with Gasteiger partial charge in [0.25, 0.3) is 0 Å². The maximum absolute atomic E-state index is 12.5. The fraction of sp³-hybridized carbons (Fsp3) is 0.480. The van der Waals surface area contributed by atoms with Crippen molar-refractivity contribution in [3.05, 3.63) is 53.1 Å². The number of nitrogens with one attached hydrogen (secondary N) is 2. The molecule has 0 saturated heterocycles. The first-order valence-electron chi connectivity index (χ1n) is 11.4. The number of ether oxygens (including phenoxy) is 2. The SMILES string of the molecule is C[C@H](Cc1cc(C#N)c2c(c1)CCN2)NC(CCCO)COc1ccccc1OCC(F)(F)F. The lowest BCUT2D eigenvalue weighted by Gasteiger charge is -2.24. The molecular formula is C25H30F3N3O3. The number of aliphatic hydroxyl groups is 1. The van der Waals surface area contributed by atoms with Crippen LogP contribution in [0.5, 0.6) is 11.5 Å². The van der Waals surface area contributed by atoms with Crippen LogP contribution in [0, 0.1) is 11.3 Å². The molecule has 3 rings (SSSR count). The molecule has 0 aromatic heterocycles. The van der Waals surface area contributed by atoms with E-state index in [0.717, 1.165) is 29.8 Å². The van der Waals surface area contributed by atoms with Crippen LogP contribution in [0.3, 0.4) is 0 Å². The summed E-state index contributed by atoms with van der Waals surface area (Å²) in [6, 6.07) is 12.5. The van der Waals surface area contributed by atoms with E-state index in [9.17, 15) is 23.5 Å². The summed E-state index contributed by atoms with van der Waals surface area (Å²) < 4.78 is 48.4. The van der Waals surface area contributed by atoms with E-state index in [1.807, 2.05) is 13.0 Å². The summed E-state index contributed by atoms with van der Waals surface area (Å²) in [5.74, 6) is 0.268. The van der Waals surface area contributed by atoms with Gasteiger partial charge in [0.2, 0.25) is 0 Å². The van der Waals surface area contributed by atoms with Gasteiger partial charge in [-0.1, -0.05) is 18.2 Å². The summed E-state index contributed by atoms with van der Waals surface area (Å²) in [4.78, 5) is 0. The Balaban J connectivity index is 1.62. The lowest BCUT2D eigenvalue weighted by Crippen LogP contribution is -2.41. The van der Waals surface area contributed by atoms with E-state index in [2.05, 4.69) is 22.8 Å². The van der Waals surface area contributed by atoms with E-state index in [1.54, 1.807) is 18.2 Å². The van der Waals surface area contributed by atoms with Crippen LogP contribution in [-0.4, -0.2) is 49.7 Å². The lowest BCUT2D eigenvalue weighted by molar-refractivity contribution is -0.153. The van der Waals surface area contributed by atoms with Gasteiger partial charge >= 0.3 is 6.18 Å². The molecule has 1 unspecified atom stereocenters. The first-order valence-corrected chi connectivity index (χ1v) is 11.4. The highest BCUT2D eigenvalue weighted by molar-refractivity contribution is 5.66. The largest absolute Gasteiger partial charge is 0.488 e. The van der Waals surface area contributed by atoms with E-state index in [4.69, 9.17) is 9.47 Å². The highest BCUT2D eigenvalue weighted by Crippen LogP contribution is 2.30. The maximum Gasteiger partial charge on any atom is 0.422 e. The predicted molar refractivity (Wildman–Crippen MR) is 123 cm³/mol. The van der Waals surface area contributed by atoms with Crippen molar-refractivity contribution < 1.29 is 27.8 Å². The zero-order valence-electron chi connectivity index (χ0n) is 19.1. The molecule has 6 nitrogen and oxygen atoms in total. The molecule has 0 saturated carbocycles. The summed E-state index contributed by atoms with van der Waals surface area (Å²) in [6.07, 6.45) is -1.66. The Morgan fingerprint density at radius 3 is 2.62 bits per heavy atom. The highest BCUT2D eigenvalue weighted by atomic mass is 19.4. The number of benzene rings is 2. The molecular weight excluding hydrogens is 447 g/mol. The summed E-state index contributed by atoms with van der Waals surface area (Å²) in [6.45, 7) is 1.70. The van der Waals surface area contributed by atoms with Crippen LogP contribution in [0.15, 0.2) is 36.4 Å². The third kappa shape index (κ3) is 7.54. The number of hydrogen-bond acceptors (Lipinski definition) is 6. The molecule has 2 aromatic carbocycles. The summed E-state index contributed by atoms with van der Waals surface area (Å²) in [5, 5.41) is 25.5. The monoisotopic (exact) mass is 477 g/mol. The van der Waals surface area contributed by atoms with Crippen molar-refractivity contribution in [2.75, 3.05) is 31.7 Å². The third-order valence-electron chi connectivity index (χ3n) is 5.55. The van der Waals surface area contributed by atoms with E-state index < -0.39 is 12.8 Å². The summed E-state index contributed by atoms with van der Waals surface area (Å²) in [7, 11) is 0. The van der Waals surface area contributed by atoms with Crippen molar-refractivity contribution in [2.24, 2.45) is 0 Å². The number of aliphatic hydroxyl groups excluding tert-OH is 1. The minimum absolute atomic E-state index is 0.0290. The Hall–Kier alpha value is -2.96. The van der Waals surface area contributed by atoms with Crippen LogP contribution in [0.2, 0.25) is 0 Å². The first kappa shape index (κ1) is 25.7. The molecule has 9 heteroatoms. The van der Waals surface area contributed by atoms with E-state index in [1.165, 1.54) is 6.07 Å². The second-order valence-electron chi connectivity index (χ2n) is 8.46.